The number of carboxylic acid groups (broad SMARTS) is 1. The number of carbonyl (C=O) groups excluding carboxylic acids is 1. The van der Waals surface area contributed by atoms with Crippen LogP contribution in [0.1, 0.15) is 11.3 Å². The molecular weight excluding hydrogens is 208 g/mol. The third kappa shape index (κ3) is 1.46. The lowest BCUT2D eigenvalue weighted by molar-refractivity contribution is -0.304. The van der Waals surface area contributed by atoms with E-state index in [2.05, 4.69) is 5.29 Å². The summed E-state index contributed by atoms with van der Waals surface area (Å²) in [5.41, 5.74) is 1.74. The average molecular weight is 217 g/mol. The highest BCUT2D eigenvalue weighted by Crippen LogP contribution is 2.25. The quantitative estimate of drug-likeness (QED) is 0.712. The Hall–Kier alpha value is -2.17. The first-order valence-electron chi connectivity index (χ1n) is 4.77. The normalized spacial score (nSPS) is 10.6. The number of nitroso groups, excluding NO2 is 1. The van der Waals surface area contributed by atoms with E-state index in [9.17, 15) is 14.8 Å². The van der Waals surface area contributed by atoms with Gasteiger partial charge in [0.15, 0.2) is 0 Å². The molecule has 0 saturated carbocycles. The van der Waals surface area contributed by atoms with Crippen LogP contribution in [0.5, 0.6) is 0 Å². The monoisotopic (exact) mass is 217 g/mol. The Morgan fingerprint density at radius 2 is 2.12 bits per heavy atom. The van der Waals surface area contributed by atoms with Crippen LogP contribution >= 0.6 is 0 Å². The third-order valence-corrected chi connectivity index (χ3v) is 2.61. The number of rotatable bonds is 3. The van der Waals surface area contributed by atoms with Crippen molar-refractivity contribution in [1.82, 2.24) is 4.68 Å². The van der Waals surface area contributed by atoms with Crippen LogP contribution in [0.3, 0.4) is 0 Å². The second-order valence-corrected chi connectivity index (χ2v) is 3.52. The highest BCUT2D eigenvalue weighted by atomic mass is 16.4. The van der Waals surface area contributed by atoms with Crippen molar-refractivity contribution >= 4 is 16.9 Å². The van der Waals surface area contributed by atoms with Gasteiger partial charge in [0.25, 0.3) is 0 Å². The zero-order valence-electron chi connectivity index (χ0n) is 8.64. The summed E-state index contributed by atoms with van der Waals surface area (Å²) in [7, 11) is 0. The Balaban J connectivity index is 2.76. The number of hydrogen-bond donors (Lipinski definition) is 0. The maximum Gasteiger partial charge on any atom is 0.0757 e. The summed E-state index contributed by atoms with van der Waals surface area (Å²) in [4.78, 5) is 21.3. The van der Waals surface area contributed by atoms with E-state index in [0.29, 0.717) is 16.8 Å². The number of carbonyl (C=O) groups is 1. The molecule has 5 nitrogen and oxygen atoms in total. The Morgan fingerprint density at radius 1 is 1.44 bits per heavy atom. The minimum Gasteiger partial charge on any atom is -0.550 e. The van der Waals surface area contributed by atoms with Gasteiger partial charge in [0.2, 0.25) is 0 Å². The van der Waals surface area contributed by atoms with Crippen LogP contribution in [0, 0.1) is 11.8 Å². The van der Waals surface area contributed by atoms with Gasteiger partial charge in [-0.1, -0.05) is 18.2 Å². The molecule has 2 aromatic rings. The van der Waals surface area contributed by atoms with E-state index in [-0.39, 0.29) is 6.42 Å². The molecule has 0 unspecified atom stereocenters. The van der Waals surface area contributed by atoms with E-state index < -0.39 is 5.97 Å². The first-order chi connectivity index (χ1) is 7.65. The average Bonchev–Trinajstić information content (AvgIpc) is 2.52. The molecule has 16 heavy (non-hydrogen) atoms. The molecule has 0 atom stereocenters. The van der Waals surface area contributed by atoms with E-state index in [0.717, 1.165) is 5.39 Å². The van der Waals surface area contributed by atoms with Crippen LogP contribution < -0.4 is 5.11 Å². The van der Waals surface area contributed by atoms with Crippen molar-refractivity contribution in [1.29, 1.82) is 0 Å². The molecular formula is C11H9N2O3-. The topological polar surface area (TPSA) is 74.5 Å². The highest BCUT2D eigenvalue weighted by molar-refractivity contribution is 5.88. The number of aromatic nitrogens is 1. The fourth-order valence-corrected chi connectivity index (χ4v) is 1.89. The van der Waals surface area contributed by atoms with Crippen LogP contribution in [-0.2, 0) is 11.2 Å². The summed E-state index contributed by atoms with van der Waals surface area (Å²) in [5.74, 6) is -1.17. The minimum absolute atomic E-state index is 0.213. The number of fused-ring (bicyclic) bond motifs is 1. The fourth-order valence-electron chi connectivity index (χ4n) is 1.89. The molecule has 0 amide bonds. The minimum atomic E-state index is -1.17. The van der Waals surface area contributed by atoms with Gasteiger partial charge >= 0.3 is 0 Å². The molecule has 1 aromatic heterocycles. The number of hydrogen-bond acceptors (Lipinski definition) is 4. The first-order valence-corrected chi connectivity index (χ1v) is 4.77. The zero-order valence-corrected chi connectivity index (χ0v) is 8.64. The van der Waals surface area contributed by atoms with Crippen molar-refractivity contribution < 1.29 is 9.90 Å². The van der Waals surface area contributed by atoms with Gasteiger partial charge in [0.1, 0.15) is 0 Å². The van der Waals surface area contributed by atoms with Gasteiger partial charge in [0, 0.05) is 23.5 Å². The standard InChI is InChI=1S/C11H10N2O3/c1-7-9(6-11(14)15)8-4-2-3-5-10(8)13(7)12-16/h2-5H,6H2,1H3,(H,14,15)/p-1. The van der Waals surface area contributed by atoms with Crippen molar-refractivity contribution in [2.24, 2.45) is 5.29 Å². The highest BCUT2D eigenvalue weighted by Gasteiger charge is 2.13. The van der Waals surface area contributed by atoms with Crippen LogP contribution in [0.2, 0.25) is 0 Å². The van der Waals surface area contributed by atoms with Gasteiger partial charge in [-0.3, -0.25) is 0 Å². The lowest BCUT2D eigenvalue weighted by atomic mass is 10.1. The molecule has 0 aliphatic rings. The molecule has 0 N–H and O–H groups in total. The molecule has 0 saturated heterocycles. The molecule has 0 bridgehead atoms. The van der Waals surface area contributed by atoms with Gasteiger partial charge in [-0.15, -0.1) is 4.91 Å². The zero-order chi connectivity index (χ0) is 11.7. The summed E-state index contributed by atoms with van der Waals surface area (Å²) < 4.78 is 1.20. The Bertz CT molecular complexity index is 572. The van der Waals surface area contributed by atoms with Gasteiger partial charge in [0.05, 0.1) is 10.8 Å². The molecule has 2 rings (SSSR count). The number of carboxylic acids is 1. The summed E-state index contributed by atoms with van der Waals surface area (Å²) in [6.07, 6.45) is -0.213. The van der Waals surface area contributed by atoms with Crippen molar-refractivity contribution in [3.05, 3.63) is 40.4 Å². The molecule has 1 heterocycles. The van der Waals surface area contributed by atoms with E-state index in [4.69, 9.17) is 0 Å². The summed E-state index contributed by atoms with van der Waals surface area (Å²) in [5, 5.41) is 14.2. The van der Waals surface area contributed by atoms with Crippen molar-refractivity contribution in [2.45, 2.75) is 13.3 Å². The second-order valence-electron chi connectivity index (χ2n) is 3.52. The van der Waals surface area contributed by atoms with Crippen molar-refractivity contribution in [3.63, 3.8) is 0 Å². The van der Waals surface area contributed by atoms with Gasteiger partial charge in [-0.25, -0.2) is 4.68 Å². The largest absolute Gasteiger partial charge is 0.550 e. The first kappa shape index (κ1) is 10.4. The maximum absolute atomic E-state index is 10.7. The summed E-state index contributed by atoms with van der Waals surface area (Å²) in [6, 6.07) is 7.05. The molecule has 0 aliphatic carbocycles. The SMILES string of the molecule is Cc1c(CC(=O)[O-])c2ccccc2n1N=O. The van der Waals surface area contributed by atoms with Crippen LogP contribution in [-0.4, -0.2) is 10.6 Å². The Labute approximate surface area is 91.2 Å². The molecule has 0 aliphatic heterocycles. The molecule has 82 valence electrons. The number of aliphatic carboxylic acids is 1. The summed E-state index contributed by atoms with van der Waals surface area (Å²) >= 11 is 0. The fraction of sp³-hybridized carbons (Fsp3) is 0.182. The van der Waals surface area contributed by atoms with Gasteiger partial charge in [-0.05, 0) is 18.6 Å². The van der Waals surface area contributed by atoms with Gasteiger partial charge in [-0.2, -0.15) is 0 Å². The van der Waals surface area contributed by atoms with Crippen LogP contribution in [0.25, 0.3) is 10.9 Å². The number of benzene rings is 1. The van der Waals surface area contributed by atoms with Crippen molar-refractivity contribution in [2.75, 3.05) is 0 Å². The lowest BCUT2D eigenvalue weighted by Gasteiger charge is -2.01. The number of para-hydroxylation sites is 1. The van der Waals surface area contributed by atoms with Crippen molar-refractivity contribution in [3.8, 4) is 0 Å². The molecule has 0 fully saturated rings. The Kier molecular flexibility index (Phi) is 2.44. The lowest BCUT2D eigenvalue weighted by Crippen LogP contribution is -2.24. The Morgan fingerprint density at radius 3 is 2.75 bits per heavy atom. The maximum atomic E-state index is 10.7. The predicted octanol–water partition coefficient (Wildman–Crippen LogP) is 0.772. The summed E-state index contributed by atoms with van der Waals surface area (Å²) in [6.45, 7) is 1.67. The molecule has 1 aromatic carbocycles. The van der Waals surface area contributed by atoms with E-state index >= 15 is 0 Å². The predicted molar refractivity (Wildman–Crippen MR) is 56.6 cm³/mol. The third-order valence-electron chi connectivity index (χ3n) is 2.61. The second kappa shape index (κ2) is 3.77. The van der Waals surface area contributed by atoms with Crippen LogP contribution in [0.15, 0.2) is 29.6 Å². The number of nitrogens with zero attached hydrogens (tertiary/aromatic N) is 2. The van der Waals surface area contributed by atoms with E-state index in [1.54, 1.807) is 31.2 Å². The molecule has 0 spiro atoms. The van der Waals surface area contributed by atoms with Gasteiger partial charge < -0.3 is 9.90 Å². The van der Waals surface area contributed by atoms with Crippen LogP contribution in [0.4, 0.5) is 0 Å². The van der Waals surface area contributed by atoms with E-state index in [1.165, 1.54) is 4.68 Å². The molecule has 0 radical (unpaired) electrons. The molecule has 5 heteroatoms. The smallest absolute Gasteiger partial charge is 0.0757 e. The van der Waals surface area contributed by atoms with E-state index in [1.807, 2.05) is 0 Å².